The second kappa shape index (κ2) is 10.2. The molecule has 0 aromatic heterocycles. The lowest BCUT2D eigenvalue weighted by atomic mass is 9.66. The fourth-order valence-corrected chi connectivity index (χ4v) is 6.74. The third-order valence-corrected chi connectivity index (χ3v) is 8.48. The molecule has 2 aliphatic heterocycles. The molecular formula is C25H44BrO4. The van der Waals surface area contributed by atoms with Crippen molar-refractivity contribution in [3.63, 3.8) is 0 Å². The van der Waals surface area contributed by atoms with Crippen molar-refractivity contribution in [3.05, 3.63) is 6.92 Å². The predicted molar refractivity (Wildman–Crippen MR) is 126 cm³/mol. The number of rotatable bonds is 9. The summed E-state index contributed by atoms with van der Waals surface area (Å²) in [4.78, 5) is 12.3. The highest BCUT2D eigenvalue weighted by atomic mass is 79.9. The van der Waals surface area contributed by atoms with Crippen LogP contribution < -0.4 is 0 Å². The summed E-state index contributed by atoms with van der Waals surface area (Å²) < 4.78 is 18.4. The maximum Gasteiger partial charge on any atom is 0.303 e. The zero-order valence-corrected chi connectivity index (χ0v) is 21.7. The molecule has 2 saturated heterocycles. The average Bonchev–Trinajstić information content (AvgIpc) is 2.65. The van der Waals surface area contributed by atoms with E-state index in [4.69, 9.17) is 14.2 Å². The minimum atomic E-state index is -0.749. The van der Waals surface area contributed by atoms with E-state index < -0.39 is 15.5 Å². The summed E-state index contributed by atoms with van der Waals surface area (Å²) in [7, 11) is 0. The van der Waals surface area contributed by atoms with Gasteiger partial charge in [-0.1, -0.05) is 29.8 Å². The van der Waals surface area contributed by atoms with Gasteiger partial charge in [-0.15, -0.1) is 0 Å². The van der Waals surface area contributed by atoms with Crippen molar-refractivity contribution in [2.45, 2.75) is 120 Å². The van der Waals surface area contributed by atoms with Crippen molar-refractivity contribution in [1.29, 1.82) is 0 Å². The van der Waals surface area contributed by atoms with Gasteiger partial charge in [0, 0.05) is 20.1 Å². The van der Waals surface area contributed by atoms with Crippen LogP contribution in [0.25, 0.3) is 0 Å². The molecule has 2 heterocycles. The Morgan fingerprint density at radius 3 is 2.17 bits per heavy atom. The second-order valence-corrected chi connectivity index (χ2v) is 12.4. The van der Waals surface area contributed by atoms with Gasteiger partial charge in [-0.25, -0.2) is 0 Å². The molecule has 0 aromatic rings. The number of carbonyl (C=O) groups excluding carboxylic acids is 1. The lowest BCUT2D eigenvalue weighted by Crippen LogP contribution is -2.66. The molecule has 2 aliphatic rings. The number of carbonyl (C=O) groups is 1. The Balaban J connectivity index is 2.29. The normalized spacial score (nSPS) is 32.1. The molecular weight excluding hydrogens is 444 g/mol. The van der Waals surface area contributed by atoms with E-state index in [0.29, 0.717) is 18.4 Å². The molecule has 0 aliphatic carbocycles. The number of alkyl halides is 1. The monoisotopic (exact) mass is 487 g/mol. The minimum absolute atomic E-state index is 0.112. The standard InChI is InChI=1S/C25H44BrO4/c1-8-21(23(6)14-9-11-17-28-23)19(2)13-16-25(22(4,5)26,30-20(3)27)24(7)15-10-12-18-29-24/h19,21H,1,8-18H2,2-7H3. The van der Waals surface area contributed by atoms with Crippen molar-refractivity contribution in [3.8, 4) is 0 Å². The first-order valence-electron chi connectivity index (χ1n) is 11.9. The van der Waals surface area contributed by atoms with Crippen LogP contribution in [0, 0.1) is 18.8 Å². The van der Waals surface area contributed by atoms with Crippen LogP contribution >= 0.6 is 15.9 Å². The summed E-state index contributed by atoms with van der Waals surface area (Å²) in [6.07, 6.45) is 9.03. The van der Waals surface area contributed by atoms with E-state index in [9.17, 15) is 4.79 Å². The average molecular weight is 489 g/mol. The van der Waals surface area contributed by atoms with Gasteiger partial charge in [-0.3, -0.25) is 4.79 Å². The van der Waals surface area contributed by atoms with E-state index in [1.807, 2.05) is 0 Å². The molecule has 0 saturated carbocycles. The van der Waals surface area contributed by atoms with Gasteiger partial charge in [0.25, 0.3) is 0 Å². The molecule has 0 amide bonds. The first kappa shape index (κ1) is 26.1. The number of hydrogen-bond donors (Lipinski definition) is 0. The summed E-state index contributed by atoms with van der Waals surface area (Å²) in [5.41, 5.74) is -1.38. The number of halogens is 1. The van der Waals surface area contributed by atoms with Gasteiger partial charge in [-0.2, -0.15) is 0 Å². The molecule has 4 nitrogen and oxygen atoms in total. The van der Waals surface area contributed by atoms with E-state index in [2.05, 4.69) is 57.5 Å². The number of esters is 1. The van der Waals surface area contributed by atoms with E-state index in [-0.39, 0.29) is 11.6 Å². The van der Waals surface area contributed by atoms with Crippen molar-refractivity contribution in [1.82, 2.24) is 0 Å². The molecule has 2 fully saturated rings. The molecule has 5 heteroatoms. The smallest absolute Gasteiger partial charge is 0.303 e. The highest BCUT2D eigenvalue weighted by Crippen LogP contribution is 2.51. The summed E-state index contributed by atoms with van der Waals surface area (Å²) in [6.45, 7) is 18.3. The Morgan fingerprint density at radius 1 is 1.13 bits per heavy atom. The quantitative estimate of drug-likeness (QED) is 0.270. The van der Waals surface area contributed by atoms with Gasteiger partial charge in [0.1, 0.15) is 5.60 Å². The first-order chi connectivity index (χ1) is 13.9. The van der Waals surface area contributed by atoms with Crippen LogP contribution in [0.4, 0.5) is 0 Å². The first-order valence-corrected chi connectivity index (χ1v) is 12.7. The van der Waals surface area contributed by atoms with Crippen LogP contribution in [0.2, 0.25) is 0 Å². The summed E-state index contributed by atoms with van der Waals surface area (Å²) >= 11 is 3.90. The van der Waals surface area contributed by atoms with Crippen LogP contribution in [0.15, 0.2) is 0 Å². The van der Waals surface area contributed by atoms with Gasteiger partial charge in [0.2, 0.25) is 0 Å². The van der Waals surface area contributed by atoms with E-state index in [1.54, 1.807) is 0 Å². The molecule has 2 rings (SSSR count). The molecule has 0 aromatic carbocycles. The van der Waals surface area contributed by atoms with E-state index >= 15 is 0 Å². The fourth-order valence-electron chi connectivity index (χ4n) is 6.04. The number of hydrogen-bond acceptors (Lipinski definition) is 4. The Morgan fingerprint density at radius 2 is 1.73 bits per heavy atom. The zero-order valence-electron chi connectivity index (χ0n) is 20.2. The van der Waals surface area contributed by atoms with Gasteiger partial charge < -0.3 is 14.2 Å². The van der Waals surface area contributed by atoms with Crippen molar-refractivity contribution >= 4 is 21.9 Å². The molecule has 5 atom stereocenters. The summed E-state index contributed by atoms with van der Waals surface area (Å²) in [6, 6.07) is 0. The Labute approximate surface area is 193 Å². The highest BCUT2D eigenvalue weighted by Gasteiger charge is 2.60. The molecule has 1 radical (unpaired) electrons. The third-order valence-electron chi connectivity index (χ3n) is 7.83. The lowest BCUT2D eigenvalue weighted by Gasteiger charge is -2.55. The van der Waals surface area contributed by atoms with Crippen molar-refractivity contribution in [2.24, 2.45) is 11.8 Å². The van der Waals surface area contributed by atoms with Crippen LogP contribution in [0.3, 0.4) is 0 Å². The topological polar surface area (TPSA) is 44.8 Å². The molecule has 175 valence electrons. The van der Waals surface area contributed by atoms with Gasteiger partial charge in [0.15, 0.2) is 5.60 Å². The number of ether oxygens (including phenoxy) is 3. The summed E-state index contributed by atoms with van der Waals surface area (Å²) in [5, 5.41) is 0. The fraction of sp³-hybridized carbons (Fsp3) is 0.920. The largest absolute Gasteiger partial charge is 0.455 e. The minimum Gasteiger partial charge on any atom is -0.455 e. The lowest BCUT2D eigenvalue weighted by molar-refractivity contribution is -0.228. The summed E-state index contributed by atoms with van der Waals surface area (Å²) in [5.74, 6) is 0.538. The maximum atomic E-state index is 12.3. The predicted octanol–water partition coefficient (Wildman–Crippen LogP) is 6.64. The van der Waals surface area contributed by atoms with Crippen LogP contribution in [0.1, 0.15) is 99.3 Å². The third kappa shape index (κ3) is 5.43. The zero-order chi connectivity index (χ0) is 22.6. The Kier molecular flexibility index (Phi) is 8.89. The molecule has 0 bridgehead atoms. The van der Waals surface area contributed by atoms with Gasteiger partial charge in [-0.05, 0) is 97.3 Å². The Bertz CT molecular complexity index is 558. The van der Waals surface area contributed by atoms with Gasteiger partial charge in [0.05, 0.1) is 9.93 Å². The van der Waals surface area contributed by atoms with Gasteiger partial charge >= 0.3 is 5.97 Å². The SMILES string of the molecule is [CH2]CC(C(C)CCC(OC(C)=O)(C(C)(C)Br)C1(C)CCCCO1)C1(C)CCCCO1. The molecule has 0 N–H and O–H groups in total. The Hall–Kier alpha value is -0.130. The van der Waals surface area contributed by atoms with Crippen LogP contribution in [-0.2, 0) is 19.0 Å². The highest BCUT2D eigenvalue weighted by molar-refractivity contribution is 9.10. The van der Waals surface area contributed by atoms with Crippen molar-refractivity contribution in [2.75, 3.05) is 13.2 Å². The van der Waals surface area contributed by atoms with Crippen LogP contribution in [-0.4, -0.2) is 40.3 Å². The molecule has 5 unspecified atom stereocenters. The van der Waals surface area contributed by atoms with Crippen LogP contribution in [0.5, 0.6) is 0 Å². The second-order valence-electron chi connectivity index (χ2n) is 10.5. The van der Waals surface area contributed by atoms with E-state index in [1.165, 1.54) is 13.3 Å². The molecule has 30 heavy (non-hydrogen) atoms. The van der Waals surface area contributed by atoms with E-state index in [0.717, 1.165) is 58.0 Å². The maximum absolute atomic E-state index is 12.3. The molecule has 0 spiro atoms. The van der Waals surface area contributed by atoms with Crippen molar-refractivity contribution < 1.29 is 19.0 Å².